The molecule has 2 fully saturated rings. The third-order valence-electron chi connectivity index (χ3n) is 7.19. The summed E-state index contributed by atoms with van der Waals surface area (Å²) in [4.78, 5) is 29.6. The van der Waals surface area contributed by atoms with Crippen LogP contribution in [0, 0.1) is 13.8 Å². The van der Waals surface area contributed by atoms with Crippen molar-refractivity contribution in [1.29, 1.82) is 0 Å². The van der Waals surface area contributed by atoms with Gasteiger partial charge in [0, 0.05) is 49.2 Å². The molecular weight excluding hydrogens is 428 g/mol. The number of benzene rings is 1. The molecule has 2 aromatic rings. The van der Waals surface area contributed by atoms with E-state index in [9.17, 15) is 9.59 Å². The first-order valence-corrected chi connectivity index (χ1v) is 12.6. The van der Waals surface area contributed by atoms with Gasteiger partial charge in [0.15, 0.2) is 0 Å². The van der Waals surface area contributed by atoms with Crippen LogP contribution in [-0.2, 0) is 11.3 Å². The van der Waals surface area contributed by atoms with Gasteiger partial charge in [-0.1, -0.05) is 0 Å². The van der Waals surface area contributed by atoms with Crippen molar-refractivity contribution in [2.75, 3.05) is 38.1 Å². The van der Waals surface area contributed by atoms with E-state index in [4.69, 9.17) is 0 Å². The molecule has 1 atom stereocenters. The fraction of sp³-hybridized carbons (Fsp3) is 0.577. The number of carbonyl (C=O) groups is 2. The van der Waals surface area contributed by atoms with E-state index in [2.05, 4.69) is 50.3 Å². The van der Waals surface area contributed by atoms with Crippen LogP contribution in [0.25, 0.3) is 0 Å². The van der Waals surface area contributed by atoms with Gasteiger partial charge in [-0.15, -0.1) is 0 Å². The molecule has 2 aliphatic heterocycles. The average Bonchev–Trinajstić information content (AvgIpc) is 3.03. The van der Waals surface area contributed by atoms with E-state index in [-0.39, 0.29) is 11.8 Å². The van der Waals surface area contributed by atoms with Gasteiger partial charge in [-0.25, -0.2) is 0 Å². The van der Waals surface area contributed by atoms with Gasteiger partial charge < -0.3 is 20.4 Å². The first-order valence-electron chi connectivity index (χ1n) is 12.6. The van der Waals surface area contributed by atoms with Crippen molar-refractivity contribution in [1.82, 2.24) is 25.3 Å². The second-order valence-corrected chi connectivity index (χ2v) is 9.71. The van der Waals surface area contributed by atoms with E-state index in [1.165, 1.54) is 5.69 Å². The van der Waals surface area contributed by atoms with Crippen molar-refractivity contribution in [2.24, 2.45) is 0 Å². The zero-order chi connectivity index (χ0) is 24.1. The number of nitrogens with one attached hydrogen (secondary N) is 2. The molecule has 0 saturated carbocycles. The van der Waals surface area contributed by atoms with E-state index in [1.807, 2.05) is 31.2 Å². The lowest BCUT2D eigenvalue weighted by atomic mass is 10.0. The smallest absolute Gasteiger partial charge is 0.251 e. The Bertz CT molecular complexity index is 978. The molecule has 184 valence electrons. The molecule has 1 aromatic carbocycles. The molecule has 0 bridgehead atoms. The van der Waals surface area contributed by atoms with E-state index in [0.29, 0.717) is 24.6 Å². The van der Waals surface area contributed by atoms with Crippen molar-refractivity contribution in [3.05, 3.63) is 47.3 Å². The van der Waals surface area contributed by atoms with Crippen LogP contribution in [-0.4, -0.2) is 71.8 Å². The van der Waals surface area contributed by atoms with Gasteiger partial charge in [0.25, 0.3) is 5.91 Å². The highest BCUT2D eigenvalue weighted by atomic mass is 16.2. The van der Waals surface area contributed by atoms with Crippen LogP contribution < -0.4 is 15.5 Å². The molecule has 0 radical (unpaired) electrons. The summed E-state index contributed by atoms with van der Waals surface area (Å²) < 4.78 is 2.10. The number of carbonyl (C=O) groups excluding carboxylic acids is 2. The molecule has 8 nitrogen and oxygen atoms in total. The average molecular weight is 467 g/mol. The van der Waals surface area contributed by atoms with Gasteiger partial charge in [0.2, 0.25) is 5.91 Å². The lowest BCUT2D eigenvalue weighted by molar-refractivity contribution is -0.122. The van der Waals surface area contributed by atoms with Gasteiger partial charge in [0.05, 0.1) is 12.2 Å². The molecule has 2 N–H and O–H groups in total. The maximum atomic E-state index is 12.6. The minimum Gasteiger partial charge on any atom is -0.371 e. The fourth-order valence-electron chi connectivity index (χ4n) is 5.04. The largest absolute Gasteiger partial charge is 0.371 e. The Balaban J connectivity index is 1.25. The van der Waals surface area contributed by atoms with Crippen molar-refractivity contribution in [3.8, 4) is 0 Å². The normalized spacial score (nSPS) is 19.7. The van der Waals surface area contributed by atoms with E-state index < -0.39 is 6.04 Å². The maximum absolute atomic E-state index is 12.6. The number of anilines is 1. The van der Waals surface area contributed by atoms with Crippen LogP contribution in [0.1, 0.15) is 53.8 Å². The number of aromatic nitrogens is 2. The maximum Gasteiger partial charge on any atom is 0.251 e. The number of amides is 2. The van der Waals surface area contributed by atoms with Gasteiger partial charge in [0.1, 0.15) is 6.04 Å². The Hall–Kier alpha value is -2.87. The van der Waals surface area contributed by atoms with Gasteiger partial charge in [-0.05, 0) is 83.3 Å². The first-order chi connectivity index (χ1) is 16.4. The number of aryl methyl sites for hydroxylation is 2. The number of hydrogen-bond donors (Lipinski definition) is 2. The molecule has 3 heterocycles. The molecule has 1 aromatic heterocycles. The molecule has 0 aliphatic carbocycles. The molecule has 2 aliphatic rings. The Morgan fingerprint density at radius 3 is 2.56 bits per heavy atom. The zero-order valence-electron chi connectivity index (χ0n) is 20.7. The molecule has 8 heteroatoms. The number of rotatable bonds is 7. The topological polar surface area (TPSA) is 82.5 Å². The molecule has 34 heavy (non-hydrogen) atoms. The predicted molar refractivity (Wildman–Crippen MR) is 134 cm³/mol. The third kappa shape index (κ3) is 5.97. The van der Waals surface area contributed by atoms with E-state index >= 15 is 0 Å². The van der Waals surface area contributed by atoms with Crippen LogP contribution in [0.15, 0.2) is 30.3 Å². The molecule has 0 spiro atoms. The molecule has 2 saturated heterocycles. The minimum atomic E-state index is -0.438. The summed E-state index contributed by atoms with van der Waals surface area (Å²) in [6, 6.07) is 10.0. The van der Waals surface area contributed by atoms with Crippen LogP contribution in [0.3, 0.4) is 0 Å². The van der Waals surface area contributed by atoms with Crippen molar-refractivity contribution >= 4 is 17.5 Å². The summed E-state index contributed by atoms with van der Waals surface area (Å²) in [5.74, 6) is -0.262. The van der Waals surface area contributed by atoms with Crippen LogP contribution in [0.5, 0.6) is 0 Å². The monoisotopic (exact) mass is 466 g/mol. The quantitative estimate of drug-likeness (QED) is 0.655. The zero-order valence-corrected chi connectivity index (χ0v) is 20.7. The second-order valence-electron chi connectivity index (χ2n) is 9.71. The van der Waals surface area contributed by atoms with Crippen LogP contribution in [0.2, 0.25) is 0 Å². The van der Waals surface area contributed by atoms with Crippen LogP contribution >= 0.6 is 0 Å². The predicted octanol–water partition coefficient (Wildman–Crippen LogP) is 2.50. The first kappa shape index (κ1) is 24.3. The molecular formula is C26H38N6O2. The minimum absolute atomic E-state index is 0.0785. The lowest BCUT2D eigenvalue weighted by Crippen LogP contribution is -2.45. The fourth-order valence-corrected chi connectivity index (χ4v) is 5.04. The number of nitrogens with zero attached hydrogens (tertiary/aromatic N) is 4. The molecule has 0 unspecified atom stereocenters. The highest BCUT2D eigenvalue weighted by Crippen LogP contribution is 2.23. The Labute approximate surface area is 202 Å². The van der Waals surface area contributed by atoms with Crippen molar-refractivity contribution in [2.45, 2.75) is 64.6 Å². The summed E-state index contributed by atoms with van der Waals surface area (Å²) >= 11 is 0. The number of piperidine rings is 1. The second kappa shape index (κ2) is 11.0. The van der Waals surface area contributed by atoms with Crippen LogP contribution in [0.4, 0.5) is 5.69 Å². The molecule has 2 amide bonds. The SMILES string of the molecule is Cc1cc(C)n(CCN(C)C2CCN(c3ccc(C(=O)N[C@H]4CCCCNC4=O)cc3)CC2)n1. The van der Waals surface area contributed by atoms with Crippen molar-refractivity contribution in [3.63, 3.8) is 0 Å². The summed E-state index contributed by atoms with van der Waals surface area (Å²) in [6.45, 7) is 8.76. The number of likely N-dealkylation sites (N-methyl/N-ethyl adjacent to an activating group) is 1. The summed E-state index contributed by atoms with van der Waals surface area (Å²) in [5, 5.41) is 10.3. The van der Waals surface area contributed by atoms with Gasteiger partial charge in [-0.2, -0.15) is 5.10 Å². The van der Waals surface area contributed by atoms with Gasteiger partial charge in [-0.3, -0.25) is 14.3 Å². The Morgan fingerprint density at radius 2 is 1.88 bits per heavy atom. The third-order valence-corrected chi connectivity index (χ3v) is 7.19. The van der Waals surface area contributed by atoms with Gasteiger partial charge >= 0.3 is 0 Å². The number of hydrogen-bond acceptors (Lipinski definition) is 5. The summed E-state index contributed by atoms with van der Waals surface area (Å²) in [6.07, 6.45) is 4.83. The Morgan fingerprint density at radius 1 is 1.15 bits per heavy atom. The summed E-state index contributed by atoms with van der Waals surface area (Å²) in [5.41, 5.74) is 4.04. The highest BCUT2D eigenvalue weighted by Gasteiger charge is 2.24. The van der Waals surface area contributed by atoms with Crippen molar-refractivity contribution < 1.29 is 9.59 Å². The highest BCUT2D eigenvalue weighted by molar-refractivity contribution is 5.97. The van der Waals surface area contributed by atoms with E-state index in [0.717, 1.165) is 63.2 Å². The standard InChI is InChI=1S/C26H38N6O2/c1-19-18-20(2)32(29-19)17-16-30(3)22-11-14-31(15-12-22)23-9-7-21(8-10-23)25(33)28-24-6-4-5-13-27-26(24)34/h7-10,18,22,24H,4-6,11-17H2,1-3H3,(H,27,34)(H,28,33)/t24-/m0/s1. The lowest BCUT2D eigenvalue weighted by Gasteiger charge is -2.38. The van der Waals surface area contributed by atoms with E-state index in [1.54, 1.807) is 0 Å². The molecule has 4 rings (SSSR count). The Kier molecular flexibility index (Phi) is 7.88. The summed E-state index contributed by atoms with van der Waals surface area (Å²) in [7, 11) is 2.22.